The predicted octanol–water partition coefficient (Wildman–Crippen LogP) is 0.311. The summed E-state index contributed by atoms with van der Waals surface area (Å²) in [6.45, 7) is 5.35. The Morgan fingerprint density at radius 1 is 1.28 bits per heavy atom. The van der Waals surface area contributed by atoms with Crippen LogP contribution >= 0.6 is 0 Å². The van der Waals surface area contributed by atoms with Crippen LogP contribution in [-0.2, 0) is 4.79 Å². The topological polar surface area (TPSA) is 118 Å². The van der Waals surface area contributed by atoms with Gasteiger partial charge in [0.05, 0.1) is 5.41 Å². The average Bonchev–Trinajstić information content (AvgIpc) is 3.12. The molecule has 2 saturated carbocycles. The maximum Gasteiger partial charge on any atom is 0.153 e. The van der Waals surface area contributed by atoms with Crippen LogP contribution in [0.3, 0.4) is 0 Å². The molecule has 0 radical (unpaired) electrons. The van der Waals surface area contributed by atoms with Crippen LogP contribution in [0.5, 0.6) is 0 Å². The smallest absolute Gasteiger partial charge is 0.153 e. The minimum atomic E-state index is -2.19. The Kier molecular flexibility index (Phi) is 3.26. The summed E-state index contributed by atoms with van der Waals surface area (Å²) in [7, 11) is 0. The lowest BCUT2D eigenvalue weighted by Gasteiger charge is -2.47. The zero-order valence-corrected chi connectivity index (χ0v) is 14.7. The van der Waals surface area contributed by atoms with Crippen LogP contribution in [0.25, 0.3) is 0 Å². The molecule has 0 aromatic heterocycles. The first-order valence-electron chi connectivity index (χ1n) is 8.91. The van der Waals surface area contributed by atoms with Gasteiger partial charge in [-0.15, -0.1) is 0 Å². The van der Waals surface area contributed by atoms with Crippen molar-refractivity contribution in [2.45, 2.75) is 45.0 Å². The summed E-state index contributed by atoms with van der Waals surface area (Å²) in [5.74, 6) is -1.87. The summed E-state index contributed by atoms with van der Waals surface area (Å²) >= 11 is 0. The zero-order valence-electron chi connectivity index (χ0n) is 14.7. The summed E-state index contributed by atoms with van der Waals surface area (Å²) in [6.07, 6.45) is 0.362. The Balaban J connectivity index is 1.97. The number of carbonyl (C=O) groups is 1. The van der Waals surface area contributed by atoms with Crippen molar-refractivity contribution in [1.29, 1.82) is 0 Å². The van der Waals surface area contributed by atoms with E-state index in [1.165, 1.54) is 6.08 Å². The quantitative estimate of drug-likeness (QED) is 0.435. The van der Waals surface area contributed by atoms with Crippen molar-refractivity contribution in [3.63, 3.8) is 0 Å². The number of hydrogen-bond donors (Lipinski definition) is 5. The molecule has 4 aliphatic rings. The Labute approximate surface area is 146 Å². The third kappa shape index (κ3) is 1.63. The fraction of sp³-hybridized carbons (Fsp3) is 0.737. The molecular weight excluding hydrogens is 324 g/mol. The van der Waals surface area contributed by atoms with Crippen molar-refractivity contribution in [3.8, 4) is 0 Å². The number of hydrogen-bond acceptors (Lipinski definition) is 6. The Hall–Kier alpha value is -1.21. The summed E-state index contributed by atoms with van der Waals surface area (Å²) < 4.78 is 0. The van der Waals surface area contributed by atoms with Crippen LogP contribution in [0.15, 0.2) is 23.5 Å². The van der Waals surface area contributed by atoms with E-state index in [9.17, 15) is 30.3 Å². The van der Waals surface area contributed by atoms with Gasteiger partial charge in [0, 0.05) is 12.5 Å². The third-order valence-electron chi connectivity index (χ3n) is 7.77. The van der Waals surface area contributed by atoms with Crippen molar-refractivity contribution in [3.05, 3.63) is 23.5 Å². The van der Waals surface area contributed by atoms with E-state index < -0.39 is 40.3 Å². The second kappa shape index (κ2) is 4.74. The highest BCUT2D eigenvalue weighted by Crippen LogP contribution is 2.71. The minimum Gasteiger partial charge on any atom is -0.510 e. The molecule has 9 unspecified atom stereocenters. The Morgan fingerprint density at radius 2 is 1.92 bits per heavy atom. The van der Waals surface area contributed by atoms with E-state index in [0.717, 1.165) is 0 Å². The first-order chi connectivity index (χ1) is 11.6. The molecule has 1 spiro atoms. The Bertz CT molecular complexity index is 713. The first kappa shape index (κ1) is 17.2. The highest BCUT2D eigenvalue weighted by atomic mass is 16.4. The van der Waals surface area contributed by atoms with E-state index in [2.05, 4.69) is 0 Å². The molecular formula is C19H26O6. The molecule has 2 fully saturated rings. The van der Waals surface area contributed by atoms with Crippen LogP contribution in [0.2, 0.25) is 0 Å². The number of allylic oxidation sites excluding steroid dienone is 1. The minimum absolute atomic E-state index is 0.0508. The molecule has 0 amide bonds. The van der Waals surface area contributed by atoms with Gasteiger partial charge in [-0.1, -0.05) is 19.9 Å². The van der Waals surface area contributed by atoms with Crippen LogP contribution in [0, 0.1) is 34.5 Å². The van der Waals surface area contributed by atoms with Gasteiger partial charge in [0.15, 0.2) is 5.78 Å². The molecule has 0 aliphatic heterocycles. The summed E-state index contributed by atoms with van der Waals surface area (Å²) in [5.41, 5.74) is -3.62. The van der Waals surface area contributed by atoms with Crippen LogP contribution in [-0.4, -0.2) is 55.7 Å². The highest BCUT2D eigenvalue weighted by Gasteiger charge is 2.76. The highest BCUT2D eigenvalue weighted by molar-refractivity contribution is 5.95. The van der Waals surface area contributed by atoms with E-state index in [0.29, 0.717) is 12.0 Å². The average molecular weight is 350 g/mol. The lowest BCUT2D eigenvalue weighted by atomic mass is 9.59. The fourth-order valence-electron chi connectivity index (χ4n) is 6.23. The van der Waals surface area contributed by atoms with E-state index in [1.807, 2.05) is 13.8 Å². The number of ketones is 1. The molecule has 6 heteroatoms. The van der Waals surface area contributed by atoms with Crippen molar-refractivity contribution in [2.75, 3.05) is 6.61 Å². The molecule has 0 aromatic rings. The molecule has 25 heavy (non-hydrogen) atoms. The van der Waals surface area contributed by atoms with Crippen molar-refractivity contribution in [2.24, 2.45) is 34.5 Å². The number of rotatable bonds is 1. The zero-order chi connectivity index (χ0) is 18.5. The monoisotopic (exact) mass is 350 g/mol. The largest absolute Gasteiger partial charge is 0.510 e. The fourth-order valence-corrected chi connectivity index (χ4v) is 6.23. The summed E-state index contributed by atoms with van der Waals surface area (Å²) in [6, 6.07) is 0. The molecule has 0 aromatic carbocycles. The summed E-state index contributed by atoms with van der Waals surface area (Å²) in [5, 5.41) is 52.9. The van der Waals surface area contributed by atoms with Gasteiger partial charge in [-0.2, -0.15) is 0 Å². The molecule has 0 heterocycles. The van der Waals surface area contributed by atoms with E-state index in [4.69, 9.17) is 0 Å². The SMILES string of the molecule is CC1=CC23C(=O)C(C=C(O)C(O)C2(O)C1O)C1C(CC3C)C1(C)CO. The van der Waals surface area contributed by atoms with E-state index >= 15 is 0 Å². The number of fused-ring (bicyclic) bond motifs is 3. The second-order valence-electron chi connectivity index (χ2n) is 8.80. The maximum atomic E-state index is 13.6. The number of aliphatic hydroxyl groups excluding tert-OH is 4. The van der Waals surface area contributed by atoms with Crippen LogP contribution in [0.1, 0.15) is 27.2 Å². The molecule has 5 N–H and O–H groups in total. The molecule has 6 nitrogen and oxygen atoms in total. The van der Waals surface area contributed by atoms with Gasteiger partial charge in [-0.25, -0.2) is 0 Å². The van der Waals surface area contributed by atoms with Crippen LogP contribution in [0.4, 0.5) is 0 Å². The maximum absolute atomic E-state index is 13.6. The van der Waals surface area contributed by atoms with Gasteiger partial charge in [0.25, 0.3) is 0 Å². The van der Waals surface area contributed by atoms with Gasteiger partial charge < -0.3 is 25.5 Å². The third-order valence-corrected chi connectivity index (χ3v) is 7.77. The normalized spacial score (nSPS) is 57.0. The second-order valence-corrected chi connectivity index (χ2v) is 8.80. The van der Waals surface area contributed by atoms with Crippen molar-refractivity contribution in [1.82, 2.24) is 0 Å². The van der Waals surface area contributed by atoms with Crippen LogP contribution < -0.4 is 0 Å². The lowest BCUT2D eigenvalue weighted by Crippen LogP contribution is -2.65. The molecule has 4 aliphatic carbocycles. The predicted molar refractivity (Wildman–Crippen MR) is 88.3 cm³/mol. The molecule has 4 rings (SSSR count). The number of carbonyl (C=O) groups excluding carboxylic acids is 1. The van der Waals surface area contributed by atoms with Gasteiger partial charge in [-0.3, -0.25) is 4.79 Å². The van der Waals surface area contributed by atoms with Gasteiger partial charge >= 0.3 is 0 Å². The van der Waals surface area contributed by atoms with E-state index in [-0.39, 0.29) is 30.1 Å². The first-order valence-corrected chi connectivity index (χ1v) is 8.91. The molecule has 9 atom stereocenters. The number of aliphatic hydroxyl groups is 5. The summed E-state index contributed by atoms with van der Waals surface area (Å²) in [4.78, 5) is 13.6. The lowest BCUT2D eigenvalue weighted by molar-refractivity contribution is -0.193. The van der Waals surface area contributed by atoms with Crippen molar-refractivity contribution < 1.29 is 30.3 Å². The van der Waals surface area contributed by atoms with E-state index in [1.54, 1.807) is 13.0 Å². The standard InChI is InChI=1S/C19H26O6/c1-8-6-18-9(2)4-11-13(17(11,3)7-20)10(15(18)23)5-12(21)16(24)19(18,25)14(8)22/h5-6,9-11,13-14,16,20-22,24-25H,4,7H2,1-3H3. The van der Waals surface area contributed by atoms with Gasteiger partial charge in [0.1, 0.15) is 23.6 Å². The molecule has 0 saturated heterocycles. The van der Waals surface area contributed by atoms with Crippen molar-refractivity contribution >= 4 is 5.78 Å². The molecule has 138 valence electrons. The molecule has 2 bridgehead atoms. The number of Topliss-reactive ketones (excluding diaryl/α,β-unsaturated/α-hetero) is 1. The Morgan fingerprint density at radius 3 is 2.52 bits per heavy atom. The van der Waals surface area contributed by atoms with Gasteiger partial charge in [-0.05, 0) is 48.2 Å². The van der Waals surface area contributed by atoms with Gasteiger partial charge in [0.2, 0.25) is 0 Å².